The average molecular weight is 321 g/mol. The van der Waals surface area contributed by atoms with Crippen LogP contribution in [0.4, 0.5) is 5.69 Å². The lowest BCUT2D eigenvalue weighted by Gasteiger charge is -2.16. The van der Waals surface area contributed by atoms with Crippen LogP contribution in [-0.4, -0.2) is 11.2 Å². The molecule has 0 spiro atoms. The Morgan fingerprint density at radius 2 is 2.25 bits per heavy atom. The number of nitrogens with one attached hydrogen (secondary N) is 1. The molecule has 0 radical (unpaired) electrons. The van der Waals surface area contributed by atoms with Gasteiger partial charge in [0.15, 0.2) is 4.34 Å². The molecule has 0 amide bonds. The average Bonchev–Trinajstić information content (AvgIpc) is 3.12. The fraction of sp³-hybridized carbons (Fsp3) is 0.267. The first kappa shape index (κ1) is 13.9. The van der Waals surface area contributed by atoms with Crippen LogP contribution in [-0.2, 0) is 0 Å². The summed E-state index contributed by atoms with van der Waals surface area (Å²) in [6.07, 6.45) is 3.15. The predicted octanol–water partition coefficient (Wildman–Crippen LogP) is 5.64. The molecule has 2 nitrogen and oxygen atoms in total. The van der Waals surface area contributed by atoms with Gasteiger partial charge in [0.2, 0.25) is 0 Å². The van der Waals surface area contributed by atoms with Crippen molar-refractivity contribution in [1.29, 1.82) is 0 Å². The molecule has 1 unspecified atom stereocenters. The Hall–Kier alpha value is -1.04. The first-order valence-electron chi connectivity index (χ1n) is 6.54. The lowest BCUT2D eigenvalue weighted by Crippen LogP contribution is -2.07. The molecule has 0 aliphatic rings. The van der Waals surface area contributed by atoms with Crippen LogP contribution in [0.3, 0.4) is 0 Å². The Labute approximate surface area is 131 Å². The molecule has 0 saturated heterocycles. The summed E-state index contributed by atoms with van der Waals surface area (Å²) in [4.78, 5) is 5.97. The van der Waals surface area contributed by atoms with Crippen molar-refractivity contribution >= 4 is 50.3 Å². The number of anilines is 1. The van der Waals surface area contributed by atoms with Crippen molar-refractivity contribution < 1.29 is 0 Å². The molecule has 2 heterocycles. The molecule has 20 heavy (non-hydrogen) atoms. The van der Waals surface area contributed by atoms with E-state index in [4.69, 9.17) is 0 Å². The smallest absolute Gasteiger partial charge is 0.150 e. The topological polar surface area (TPSA) is 24.9 Å². The summed E-state index contributed by atoms with van der Waals surface area (Å²) < 4.78 is 2.38. The van der Waals surface area contributed by atoms with Gasteiger partial charge < -0.3 is 5.32 Å². The fourth-order valence-electron chi connectivity index (χ4n) is 2.15. The molecule has 1 atom stereocenters. The Kier molecular flexibility index (Phi) is 4.29. The number of thiophene rings is 1. The lowest BCUT2D eigenvalue weighted by atomic mass is 10.1. The number of benzene rings is 1. The molecule has 1 N–H and O–H groups in total. The van der Waals surface area contributed by atoms with Gasteiger partial charge in [-0.25, -0.2) is 4.98 Å². The van der Waals surface area contributed by atoms with E-state index in [1.807, 2.05) is 11.3 Å². The highest BCUT2D eigenvalue weighted by molar-refractivity contribution is 8.00. The highest BCUT2D eigenvalue weighted by Crippen LogP contribution is 2.32. The second kappa shape index (κ2) is 6.16. The van der Waals surface area contributed by atoms with Crippen molar-refractivity contribution in [2.75, 3.05) is 11.6 Å². The molecule has 1 aromatic carbocycles. The third-order valence-electron chi connectivity index (χ3n) is 3.18. The van der Waals surface area contributed by atoms with E-state index in [-0.39, 0.29) is 0 Å². The first-order valence-corrected chi connectivity index (χ1v) is 9.46. The van der Waals surface area contributed by atoms with E-state index in [2.05, 4.69) is 59.2 Å². The van der Waals surface area contributed by atoms with Gasteiger partial charge >= 0.3 is 0 Å². The van der Waals surface area contributed by atoms with Crippen molar-refractivity contribution in [3.63, 3.8) is 0 Å². The first-order chi connectivity index (χ1) is 9.80. The Morgan fingerprint density at radius 1 is 1.35 bits per heavy atom. The standard InChI is InChI=1S/C15H16N2S3/c1-3-11(13-5-4-8-19-13)16-10-6-7-12-14(9-10)20-15(17-12)18-2/h4-9,11,16H,3H2,1-2H3. The summed E-state index contributed by atoms with van der Waals surface area (Å²) in [7, 11) is 0. The Morgan fingerprint density at radius 3 is 2.95 bits per heavy atom. The second-order valence-electron chi connectivity index (χ2n) is 4.49. The van der Waals surface area contributed by atoms with Crippen LogP contribution < -0.4 is 5.32 Å². The van der Waals surface area contributed by atoms with Gasteiger partial charge in [-0.2, -0.15) is 0 Å². The molecule has 104 valence electrons. The van der Waals surface area contributed by atoms with Crippen LogP contribution in [0.2, 0.25) is 0 Å². The molecular weight excluding hydrogens is 304 g/mol. The van der Waals surface area contributed by atoms with E-state index in [9.17, 15) is 0 Å². The highest BCUT2D eigenvalue weighted by atomic mass is 32.2. The fourth-order valence-corrected chi connectivity index (χ4v) is 4.54. The van der Waals surface area contributed by atoms with Crippen LogP contribution in [0.25, 0.3) is 10.2 Å². The normalized spacial score (nSPS) is 12.7. The maximum atomic E-state index is 4.58. The number of rotatable bonds is 5. The largest absolute Gasteiger partial charge is 0.377 e. The van der Waals surface area contributed by atoms with Gasteiger partial charge in [0.05, 0.1) is 16.3 Å². The van der Waals surface area contributed by atoms with Crippen LogP contribution >= 0.6 is 34.4 Å². The number of nitrogens with zero attached hydrogens (tertiary/aromatic N) is 1. The van der Waals surface area contributed by atoms with E-state index in [0.29, 0.717) is 6.04 Å². The zero-order chi connectivity index (χ0) is 13.9. The third kappa shape index (κ3) is 2.85. The van der Waals surface area contributed by atoms with Gasteiger partial charge in [0.1, 0.15) is 0 Å². The molecule has 3 rings (SSSR count). The van der Waals surface area contributed by atoms with Crippen LogP contribution in [0.5, 0.6) is 0 Å². The summed E-state index contributed by atoms with van der Waals surface area (Å²) in [5.41, 5.74) is 2.27. The minimum Gasteiger partial charge on any atom is -0.377 e. The summed E-state index contributed by atoms with van der Waals surface area (Å²) in [6, 6.07) is 11.1. The molecule has 0 fully saturated rings. The zero-order valence-electron chi connectivity index (χ0n) is 11.4. The van der Waals surface area contributed by atoms with Gasteiger partial charge in [0, 0.05) is 10.6 Å². The van der Waals surface area contributed by atoms with Gasteiger partial charge in [-0.05, 0) is 42.3 Å². The Bertz CT molecular complexity index is 688. The summed E-state index contributed by atoms with van der Waals surface area (Å²) in [5, 5.41) is 5.77. The summed E-state index contributed by atoms with van der Waals surface area (Å²) in [6.45, 7) is 2.22. The minimum atomic E-state index is 0.389. The van der Waals surface area contributed by atoms with Gasteiger partial charge in [-0.1, -0.05) is 24.8 Å². The van der Waals surface area contributed by atoms with E-state index in [1.54, 1.807) is 23.1 Å². The molecule has 0 bridgehead atoms. The molecule has 0 saturated carbocycles. The maximum absolute atomic E-state index is 4.58. The van der Waals surface area contributed by atoms with Crippen LogP contribution in [0.15, 0.2) is 40.1 Å². The van der Waals surface area contributed by atoms with Gasteiger partial charge in [-0.3, -0.25) is 0 Å². The van der Waals surface area contributed by atoms with Gasteiger partial charge in [-0.15, -0.1) is 22.7 Å². The lowest BCUT2D eigenvalue weighted by molar-refractivity contribution is 0.764. The van der Waals surface area contributed by atoms with Crippen molar-refractivity contribution in [1.82, 2.24) is 4.98 Å². The number of hydrogen-bond acceptors (Lipinski definition) is 5. The molecule has 2 aromatic heterocycles. The van der Waals surface area contributed by atoms with Crippen LogP contribution in [0, 0.1) is 0 Å². The molecule has 0 aliphatic heterocycles. The SMILES string of the molecule is CCC(Nc1ccc2nc(SC)sc2c1)c1cccs1. The van der Waals surface area contributed by atoms with Crippen molar-refractivity contribution in [3.05, 3.63) is 40.6 Å². The molecular formula is C15H16N2S3. The monoisotopic (exact) mass is 320 g/mol. The van der Waals surface area contributed by atoms with E-state index in [1.165, 1.54) is 15.3 Å². The zero-order valence-corrected chi connectivity index (χ0v) is 13.9. The van der Waals surface area contributed by atoms with Crippen molar-refractivity contribution in [2.24, 2.45) is 0 Å². The highest BCUT2D eigenvalue weighted by Gasteiger charge is 2.11. The Balaban J connectivity index is 1.86. The molecule has 5 heteroatoms. The minimum absolute atomic E-state index is 0.389. The van der Waals surface area contributed by atoms with E-state index in [0.717, 1.165) is 16.3 Å². The maximum Gasteiger partial charge on any atom is 0.150 e. The molecule has 0 aliphatic carbocycles. The van der Waals surface area contributed by atoms with Crippen LogP contribution in [0.1, 0.15) is 24.3 Å². The van der Waals surface area contributed by atoms with Gasteiger partial charge in [0.25, 0.3) is 0 Å². The van der Waals surface area contributed by atoms with Crippen molar-refractivity contribution in [2.45, 2.75) is 23.7 Å². The number of fused-ring (bicyclic) bond motifs is 1. The van der Waals surface area contributed by atoms with E-state index >= 15 is 0 Å². The number of aromatic nitrogens is 1. The van der Waals surface area contributed by atoms with Crippen molar-refractivity contribution in [3.8, 4) is 0 Å². The van der Waals surface area contributed by atoms with E-state index < -0.39 is 0 Å². The predicted molar refractivity (Wildman–Crippen MR) is 92.4 cm³/mol. The summed E-state index contributed by atoms with van der Waals surface area (Å²) in [5.74, 6) is 0. The summed E-state index contributed by atoms with van der Waals surface area (Å²) >= 11 is 5.27. The molecule has 3 aromatic rings. The quantitative estimate of drug-likeness (QED) is 0.615. The number of thioether (sulfide) groups is 1. The number of thiazole rings is 1. The number of hydrogen-bond donors (Lipinski definition) is 1. The third-order valence-corrected chi connectivity index (χ3v) is 6.17. The second-order valence-corrected chi connectivity index (χ2v) is 7.55.